The lowest BCUT2D eigenvalue weighted by atomic mass is 10.3. The zero-order valence-electron chi connectivity index (χ0n) is 6.65. The highest BCUT2D eigenvalue weighted by atomic mass is 16.7. The topological polar surface area (TPSA) is 89.7 Å². The first-order chi connectivity index (χ1) is 5.57. The van der Waals surface area contributed by atoms with Crippen molar-refractivity contribution in [2.75, 3.05) is 7.05 Å². The number of rotatable bonds is 3. The van der Waals surface area contributed by atoms with Gasteiger partial charge in [0.2, 0.25) is 0 Å². The van der Waals surface area contributed by atoms with Gasteiger partial charge in [-0.05, 0) is 0 Å². The molecule has 0 saturated carbocycles. The Morgan fingerprint density at radius 3 is 2.58 bits per heavy atom. The van der Waals surface area contributed by atoms with Crippen LogP contribution in [0.25, 0.3) is 0 Å². The minimum absolute atomic E-state index is 0.00722. The van der Waals surface area contributed by atoms with Crippen molar-refractivity contribution in [2.24, 2.45) is 5.73 Å². The molecule has 0 bridgehead atoms. The van der Waals surface area contributed by atoms with Gasteiger partial charge >= 0.3 is 6.09 Å². The third-order valence-corrected chi connectivity index (χ3v) is 1.05. The van der Waals surface area contributed by atoms with Crippen LogP contribution in [0.15, 0.2) is 0 Å². The van der Waals surface area contributed by atoms with Crippen LogP contribution < -0.4 is 5.73 Å². The molecule has 6 nitrogen and oxygen atoms in total. The first-order valence-corrected chi connectivity index (χ1v) is 3.25. The molecule has 2 N–H and O–H groups in total. The molecule has 68 valence electrons. The maximum absolute atomic E-state index is 10.9. The minimum atomic E-state index is -1.06. The van der Waals surface area contributed by atoms with Crippen LogP contribution in [0.2, 0.25) is 0 Å². The summed E-state index contributed by atoms with van der Waals surface area (Å²) < 4.78 is 0. The smallest absolute Gasteiger partial charge is 0.333 e. The van der Waals surface area contributed by atoms with Crippen molar-refractivity contribution < 1.29 is 19.2 Å². The van der Waals surface area contributed by atoms with E-state index in [1.165, 1.54) is 7.05 Å². The Morgan fingerprint density at radius 2 is 2.17 bits per heavy atom. The van der Waals surface area contributed by atoms with E-state index in [4.69, 9.17) is 0 Å². The Bertz CT molecular complexity index is 192. The monoisotopic (exact) mass is 174 g/mol. The molecule has 0 aromatic carbocycles. The van der Waals surface area contributed by atoms with Gasteiger partial charge in [0.15, 0.2) is 0 Å². The summed E-state index contributed by atoms with van der Waals surface area (Å²) in [4.78, 5) is 35.1. The summed E-state index contributed by atoms with van der Waals surface area (Å²) in [5.41, 5.74) is 4.64. The second kappa shape index (κ2) is 5.11. The van der Waals surface area contributed by atoms with Crippen molar-refractivity contribution in [3.05, 3.63) is 0 Å². The number of nitrogens with two attached hydrogens (primary N) is 1. The molecular formula is C6H10N2O4. The molecule has 0 unspecified atom stereocenters. The van der Waals surface area contributed by atoms with Crippen LogP contribution in [0.1, 0.15) is 12.8 Å². The Labute approximate surface area is 69.2 Å². The van der Waals surface area contributed by atoms with Crippen LogP contribution >= 0.6 is 0 Å². The van der Waals surface area contributed by atoms with Gasteiger partial charge < -0.3 is 15.4 Å². The maximum Gasteiger partial charge on any atom is 0.429 e. The van der Waals surface area contributed by atoms with Gasteiger partial charge in [-0.25, -0.2) is 4.79 Å². The zero-order valence-corrected chi connectivity index (χ0v) is 6.65. The highest BCUT2D eigenvalue weighted by Gasteiger charge is 2.10. The summed E-state index contributed by atoms with van der Waals surface area (Å²) in [6, 6.07) is 0. The summed E-state index contributed by atoms with van der Waals surface area (Å²) in [6.07, 6.45) is -0.342. The largest absolute Gasteiger partial charge is 0.429 e. The Balaban J connectivity index is 3.76. The van der Waals surface area contributed by atoms with E-state index in [-0.39, 0.29) is 12.8 Å². The minimum Gasteiger partial charge on any atom is -0.333 e. The molecule has 0 aliphatic carbocycles. The van der Waals surface area contributed by atoms with E-state index in [2.05, 4.69) is 10.6 Å². The number of nitrogens with zero attached hydrogens (tertiary/aromatic N) is 1. The molecule has 0 fully saturated rings. The molecule has 0 atom stereocenters. The Morgan fingerprint density at radius 1 is 1.58 bits per heavy atom. The fourth-order valence-corrected chi connectivity index (χ4v) is 0.526. The van der Waals surface area contributed by atoms with Gasteiger partial charge in [0.1, 0.15) is 6.29 Å². The van der Waals surface area contributed by atoms with Gasteiger partial charge in [0, 0.05) is 19.9 Å². The highest BCUT2D eigenvalue weighted by Crippen LogP contribution is 1.93. The predicted molar refractivity (Wildman–Crippen MR) is 38.7 cm³/mol. The van der Waals surface area contributed by atoms with Crippen LogP contribution in [0.4, 0.5) is 4.79 Å². The molecule has 12 heavy (non-hydrogen) atoms. The van der Waals surface area contributed by atoms with Crippen LogP contribution in [-0.4, -0.2) is 30.4 Å². The molecule has 6 heteroatoms. The molecular weight excluding hydrogens is 164 g/mol. The highest BCUT2D eigenvalue weighted by molar-refractivity contribution is 5.78. The normalized spacial score (nSPS) is 8.75. The molecule has 0 aromatic heterocycles. The number of aldehydes is 1. The third kappa shape index (κ3) is 4.26. The van der Waals surface area contributed by atoms with Gasteiger partial charge in [-0.1, -0.05) is 0 Å². The second-order valence-electron chi connectivity index (χ2n) is 2.01. The van der Waals surface area contributed by atoms with Crippen molar-refractivity contribution >= 4 is 18.3 Å². The van der Waals surface area contributed by atoms with Crippen molar-refractivity contribution in [3.8, 4) is 0 Å². The summed E-state index contributed by atoms with van der Waals surface area (Å²) in [6.45, 7) is 0. The maximum atomic E-state index is 10.9. The van der Waals surface area contributed by atoms with Crippen LogP contribution in [0, 0.1) is 0 Å². The van der Waals surface area contributed by atoms with Gasteiger partial charge in [-0.3, -0.25) is 4.79 Å². The number of hydrogen-bond donors (Lipinski definition) is 1. The summed E-state index contributed by atoms with van der Waals surface area (Å²) in [7, 11) is 1.25. The summed E-state index contributed by atoms with van der Waals surface area (Å²) in [5.74, 6) is -0.471. The van der Waals surface area contributed by atoms with Crippen molar-refractivity contribution in [1.82, 2.24) is 5.06 Å². The van der Waals surface area contributed by atoms with Crippen molar-refractivity contribution in [3.63, 3.8) is 0 Å². The second-order valence-corrected chi connectivity index (χ2v) is 2.01. The first kappa shape index (κ1) is 10.4. The fourth-order valence-electron chi connectivity index (χ4n) is 0.526. The third-order valence-electron chi connectivity index (χ3n) is 1.05. The van der Waals surface area contributed by atoms with Gasteiger partial charge in [-0.15, -0.1) is 0 Å². The molecule has 0 aromatic rings. The van der Waals surface area contributed by atoms with E-state index >= 15 is 0 Å². The molecule has 0 aliphatic rings. The van der Waals surface area contributed by atoms with Crippen molar-refractivity contribution in [2.45, 2.75) is 12.8 Å². The lowest BCUT2D eigenvalue weighted by Crippen LogP contribution is -2.32. The average Bonchev–Trinajstić information content (AvgIpc) is 1.98. The van der Waals surface area contributed by atoms with E-state index in [9.17, 15) is 14.4 Å². The SMILES string of the molecule is CN(OC(N)=O)C(=O)CCC=O. The Kier molecular flexibility index (Phi) is 4.43. The van der Waals surface area contributed by atoms with E-state index in [1.54, 1.807) is 0 Å². The lowest BCUT2D eigenvalue weighted by Gasteiger charge is -2.13. The average molecular weight is 174 g/mol. The van der Waals surface area contributed by atoms with Crippen LogP contribution in [0.5, 0.6) is 0 Å². The van der Waals surface area contributed by atoms with Gasteiger partial charge in [-0.2, -0.15) is 5.06 Å². The fraction of sp³-hybridized carbons (Fsp3) is 0.500. The number of carbonyl (C=O) groups is 3. The molecule has 0 saturated heterocycles. The van der Waals surface area contributed by atoms with E-state index in [1.807, 2.05) is 0 Å². The van der Waals surface area contributed by atoms with Crippen LogP contribution in [-0.2, 0) is 14.4 Å². The molecule has 0 aliphatic heterocycles. The first-order valence-electron chi connectivity index (χ1n) is 3.25. The summed E-state index contributed by atoms with van der Waals surface area (Å²) in [5, 5.41) is 0.700. The van der Waals surface area contributed by atoms with Crippen LogP contribution in [0.3, 0.4) is 0 Å². The number of hydrogen-bond acceptors (Lipinski definition) is 4. The van der Waals surface area contributed by atoms with E-state index in [0.717, 1.165) is 0 Å². The number of amides is 2. The molecule has 0 spiro atoms. The number of hydroxylamine groups is 2. The molecule has 0 rings (SSSR count). The number of carbonyl (C=O) groups excluding carboxylic acids is 3. The Hall–Kier alpha value is -1.59. The standard InChI is InChI=1S/C6H10N2O4/c1-8(12-6(7)11)5(10)3-2-4-9/h4H,2-3H2,1H3,(H2,7,11). The van der Waals surface area contributed by atoms with Gasteiger partial charge in [0.25, 0.3) is 5.91 Å². The predicted octanol–water partition coefficient (Wildman–Crippen LogP) is -0.566. The van der Waals surface area contributed by atoms with Crippen molar-refractivity contribution in [1.29, 1.82) is 0 Å². The lowest BCUT2D eigenvalue weighted by molar-refractivity contribution is -0.159. The quantitative estimate of drug-likeness (QED) is 0.458. The number of primary amides is 1. The van der Waals surface area contributed by atoms with E-state index < -0.39 is 12.0 Å². The molecule has 0 radical (unpaired) electrons. The van der Waals surface area contributed by atoms with E-state index in [0.29, 0.717) is 11.3 Å². The molecule has 2 amide bonds. The zero-order chi connectivity index (χ0) is 9.56. The molecule has 0 heterocycles. The van der Waals surface area contributed by atoms with Gasteiger partial charge in [0.05, 0.1) is 0 Å². The summed E-state index contributed by atoms with van der Waals surface area (Å²) >= 11 is 0.